The third-order valence-electron chi connectivity index (χ3n) is 8.05. The number of rotatable bonds is 7. The van der Waals surface area contributed by atoms with Gasteiger partial charge in [-0.25, -0.2) is 0 Å². The van der Waals surface area contributed by atoms with Crippen molar-refractivity contribution in [2.75, 3.05) is 13.2 Å². The topological polar surface area (TPSA) is 101 Å². The number of hydrogen-bond donors (Lipinski definition) is 2. The lowest BCUT2D eigenvalue weighted by Gasteiger charge is -2.53. The number of amides is 1. The minimum atomic E-state index is -0.842. The highest BCUT2D eigenvalue weighted by molar-refractivity contribution is 9.10. The van der Waals surface area contributed by atoms with Crippen molar-refractivity contribution in [2.45, 2.75) is 64.7 Å². The smallest absolute Gasteiger partial charge is 0.309 e. The van der Waals surface area contributed by atoms with Gasteiger partial charge in [-0.1, -0.05) is 54.3 Å². The molecular formula is C28H34BrN3O4. The molecule has 2 aliphatic rings. The van der Waals surface area contributed by atoms with Crippen LogP contribution in [0.15, 0.2) is 46.2 Å². The highest BCUT2D eigenvalue weighted by atomic mass is 79.9. The summed E-state index contributed by atoms with van der Waals surface area (Å²) in [5, 5.41) is 17.5. The first kappa shape index (κ1) is 26.3. The molecule has 1 aromatic heterocycles. The van der Waals surface area contributed by atoms with Crippen LogP contribution in [0, 0.1) is 11.3 Å². The number of hydrogen-bond acceptors (Lipinski definition) is 5. The molecule has 2 aliphatic carbocycles. The molecule has 36 heavy (non-hydrogen) atoms. The first-order valence-electron chi connectivity index (χ1n) is 12.5. The average molecular weight is 557 g/mol. The van der Waals surface area contributed by atoms with E-state index in [0.29, 0.717) is 24.5 Å². The van der Waals surface area contributed by atoms with Gasteiger partial charge in [-0.15, -0.1) is 0 Å². The van der Waals surface area contributed by atoms with Crippen LogP contribution in [-0.4, -0.2) is 40.8 Å². The number of carbonyl (C=O) groups is 2. The normalized spacial score (nSPS) is 26.3. The number of carboxylic acid groups (broad SMARTS) is 1. The quantitative estimate of drug-likeness (QED) is 0.338. The molecule has 1 saturated carbocycles. The van der Waals surface area contributed by atoms with Gasteiger partial charge in [-0.3, -0.25) is 14.6 Å². The Hall–Kier alpha value is -2.74. The van der Waals surface area contributed by atoms with E-state index in [2.05, 4.69) is 64.3 Å². The predicted molar refractivity (Wildman–Crippen MR) is 142 cm³/mol. The lowest BCUT2D eigenvalue weighted by Crippen LogP contribution is -2.53. The maximum Gasteiger partial charge on any atom is 0.309 e. The monoisotopic (exact) mass is 555 g/mol. The summed E-state index contributed by atoms with van der Waals surface area (Å²) in [5.74, 6) is -0.810. The van der Waals surface area contributed by atoms with Crippen molar-refractivity contribution in [1.82, 2.24) is 10.3 Å². The number of carboxylic acids is 1. The molecule has 0 aliphatic heterocycles. The summed E-state index contributed by atoms with van der Waals surface area (Å²) in [6.45, 7) is 8.88. The zero-order valence-electron chi connectivity index (χ0n) is 21.3. The number of nitrogens with one attached hydrogen (secondary N) is 1. The van der Waals surface area contributed by atoms with Gasteiger partial charge in [0.1, 0.15) is 12.3 Å². The number of benzene rings is 1. The van der Waals surface area contributed by atoms with Crippen molar-refractivity contribution in [3.8, 4) is 0 Å². The number of aromatic nitrogens is 1. The van der Waals surface area contributed by atoms with Crippen LogP contribution in [0.5, 0.6) is 0 Å². The van der Waals surface area contributed by atoms with E-state index in [4.69, 9.17) is 4.84 Å². The number of carbonyl (C=O) groups excluding carboxylic acids is 1. The molecule has 3 atom stereocenters. The largest absolute Gasteiger partial charge is 0.481 e. The van der Waals surface area contributed by atoms with E-state index in [1.54, 1.807) is 24.4 Å². The Morgan fingerprint density at radius 3 is 2.72 bits per heavy atom. The third-order valence-corrected chi connectivity index (χ3v) is 8.74. The van der Waals surface area contributed by atoms with E-state index >= 15 is 0 Å². The van der Waals surface area contributed by atoms with Gasteiger partial charge in [0.2, 0.25) is 0 Å². The van der Waals surface area contributed by atoms with Crippen molar-refractivity contribution >= 4 is 33.5 Å². The van der Waals surface area contributed by atoms with Crippen LogP contribution in [0.1, 0.15) is 86.5 Å². The molecule has 1 amide bonds. The Morgan fingerprint density at radius 1 is 1.28 bits per heavy atom. The van der Waals surface area contributed by atoms with Gasteiger partial charge in [0.05, 0.1) is 17.7 Å². The number of nitrogens with zero attached hydrogens (tertiary/aromatic N) is 2. The fourth-order valence-electron chi connectivity index (χ4n) is 5.96. The van der Waals surface area contributed by atoms with Crippen LogP contribution >= 0.6 is 15.9 Å². The van der Waals surface area contributed by atoms with Crippen molar-refractivity contribution in [3.05, 3.63) is 63.4 Å². The second-order valence-electron chi connectivity index (χ2n) is 10.7. The van der Waals surface area contributed by atoms with Crippen LogP contribution in [0.2, 0.25) is 0 Å². The van der Waals surface area contributed by atoms with Gasteiger partial charge in [0.15, 0.2) is 0 Å². The van der Waals surface area contributed by atoms with Crippen molar-refractivity contribution < 1.29 is 19.5 Å². The minimum absolute atomic E-state index is 0.105. The number of aliphatic carboxylic acids is 1. The second-order valence-corrected chi connectivity index (χ2v) is 11.5. The van der Waals surface area contributed by atoms with Gasteiger partial charge in [0, 0.05) is 16.2 Å². The fourth-order valence-corrected chi connectivity index (χ4v) is 6.76. The highest BCUT2D eigenvalue weighted by Gasteiger charge is 2.56. The van der Waals surface area contributed by atoms with E-state index in [9.17, 15) is 14.7 Å². The van der Waals surface area contributed by atoms with Gasteiger partial charge < -0.3 is 15.3 Å². The van der Waals surface area contributed by atoms with Gasteiger partial charge in [-0.05, 0) is 78.8 Å². The van der Waals surface area contributed by atoms with Crippen LogP contribution < -0.4 is 5.32 Å². The summed E-state index contributed by atoms with van der Waals surface area (Å²) < 4.78 is 1.04. The van der Waals surface area contributed by atoms with E-state index in [-0.39, 0.29) is 30.4 Å². The summed E-state index contributed by atoms with van der Waals surface area (Å²) >= 11 is 3.77. The Labute approximate surface area is 220 Å². The molecule has 192 valence electrons. The molecule has 2 aromatic rings. The molecule has 8 heteroatoms. The molecule has 1 heterocycles. The Kier molecular flexibility index (Phi) is 7.55. The number of fused-ring (bicyclic) bond motifs is 3. The van der Waals surface area contributed by atoms with Crippen molar-refractivity contribution in [3.63, 3.8) is 0 Å². The summed E-state index contributed by atoms with van der Waals surface area (Å²) in [6, 6.07) is 9.53. The summed E-state index contributed by atoms with van der Waals surface area (Å²) in [6.07, 6.45) is 4.57. The zero-order chi connectivity index (χ0) is 26.1. The first-order valence-corrected chi connectivity index (χ1v) is 13.3. The van der Waals surface area contributed by atoms with Gasteiger partial charge >= 0.3 is 5.97 Å². The van der Waals surface area contributed by atoms with Crippen LogP contribution in [0.4, 0.5) is 0 Å². The zero-order valence-corrected chi connectivity index (χ0v) is 22.9. The van der Waals surface area contributed by atoms with Crippen LogP contribution in [0.25, 0.3) is 0 Å². The standard InChI is InChI=1S/C28H34BrN3O4/c1-17(2)18-14-19-20(15-21(18)29)27(3)9-7-10-28(4,26(34)35)24(27)16-23(19)32-36-13-12-31-25(33)22-8-5-6-11-30-22/h5-6,8,11,14-15,17,24H,7,9-10,12-13,16H2,1-4H3,(H,31,33)(H,34,35)/b32-23+/t24-,27-,28-/m1/s1. The minimum Gasteiger partial charge on any atom is -0.481 e. The molecule has 4 rings (SSSR count). The summed E-state index contributed by atoms with van der Waals surface area (Å²) in [5.41, 5.74) is 3.36. The Morgan fingerprint density at radius 2 is 2.06 bits per heavy atom. The molecular weight excluding hydrogens is 522 g/mol. The maximum atomic E-state index is 12.5. The van der Waals surface area contributed by atoms with E-state index in [1.165, 1.54) is 5.56 Å². The molecule has 7 nitrogen and oxygen atoms in total. The summed E-state index contributed by atoms with van der Waals surface area (Å²) in [4.78, 5) is 34.4. The molecule has 1 aromatic carbocycles. The molecule has 0 bridgehead atoms. The van der Waals surface area contributed by atoms with Gasteiger partial charge in [-0.2, -0.15) is 0 Å². The Bertz CT molecular complexity index is 1180. The van der Waals surface area contributed by atoms with E-state index in [1.807, 2.05) is 6.92 Å². The number of oxime groups is 1. The van der Waals surface area contributed by atoms with E-state index in [0.717, 1.165) is 34.2 Å². The van der Waals surface area contributed by atoms with E-state index < -0.39 is 11.4 Å². The lowest BCUT2D eigenvalue weighted by molar-refractivity contribution is -0.156. The molecule has 0 unspecified atom stereocenters. The molecule has 0 spiro atoms. The predicted octanol–water partition coefficient (Wildman–Crippen LogP) is 5.67. The molecule has 0 radical (unpaired) electrons. The van der Waals surface area contributed by atoms with Crippen molar-refractivity contribution in [1.29, 1.82) is 0 Å². The first-order chi connectivity index (χ1) is 17.1. The highest BCUT2D eigenvalue weighted by Crippen LogP contribution is 2.58. The molecule has 1 fully saturated rings. The molecule has 0 saturated heterocycles. The second kappa shape index (κ2) is 10.3. The lowest BCUT2D eigenvalue weighted by atomic mass is 9.49. The van der Waals surface area contributed by atoms with Crippen LogP contribution in [0.3, 0.4) is 0 Å². The Balaban J connectivity index is 1.61. The number of halogens is 1. The van der Waals surface area contributed by atoms with Crippen LogP contribution in [-0.2, 0) is 15.0 Å². The number of pyridine rings is 1. The fraction of sp³-hybridized carbons (Fsp3) is 0.500. The maximum absolute atomic E-state index is 12.5. The molecule has 2 N–H and O–H groups in total. The SMILES string of the molecule is CC(C)c1cc2c(cc1Br)[C@@]1(C)CCC[C@@](C)(C(=O)O)[C@@H]1C/C2=N\OCCNC(=O)c1ccccn1. The average Bonchev–Trinajstić information content (AvgIpc) is 2.84. The third kappa shape index (κ3) is 4.80. The summed E-state index contributed by atoms with van der Waals surface area (Å²) in [7, 11) is 0. The van der Waals surface area contributed by atoms with Crippen molar-refractivity contribution in [2.24, 2.45) is 16.5 Å². The van der Waals surface area contributed by atoms with Gasteiger partial charge in [0.25, 0.3) is 5.91 Å².